The van der Waals surface area contributed by atoms with Crippen LogP contribution in [0, 0.1) is 0 Å². The molecule has 0 saturated heterocycles. The summed E-state index contributed by atoms with van der Waals surface area (Å²) in [6, 6.07) is -0.753. The summed E-state index contributed by atoms with van der Waals surface area (Å²) in [6.07, 6.45) is 47.0. The zero-order valence-electron chi connectivity index (χ0n) is 39.6. The van der Waals surface area contributed by atoms with Crippen molar-refractivity contribution in [1.29, 1.82) is 0 Å². The number of nitrogens with one attached hydrogen (secondary N) is 1. The molecular formula is C49H102N2O6P+. The van der Waals surface area contributed by atoms with E-state index in [1.807, 2.05) is 21.1 Å². The number of nitrogens with zero attached hydrogens (tertiary/aromatic N) is 1. The fraction of sp³-hybridized carbons (Fsp3) is 0.980. The third kappa shape index (κ3) is 43.6. The number of likely N-dealkylation sites (N-methyl/N-ethyl adjacent to an activating group) is 1. The first kappa shape index (κ1) is 57.5. The van der Waals surface area contributed by atoms with Crippen LogP contribution in [0.1, 0.15) is 258 Å². The molecular weight excluding hydrogens is 744 g/mol. The molecule has 1 amide bonds. The van der Waals surface area contributed by atoms with Crippen LogP contribution in [-0.4, -0.2) is 73.4 Å². The Bertz CT molecular complexity index is 916. The largest absolute Gasteiger partial charge is 0.472 e. The van der Waals surface area contributed by atoms with Gasteiger partial charge in [-0.25, -0.2) is 4.57 Å². The number of carbonyl (C=O) groups excluding carboxylic acids is 1. The standard InChI is InChI=1S/C49H101N2O6P/c1-6-8-10-12-14-16-18-20-22-23-24-25-26-27-29-30-32-34-36-38-40-42-48(52)47(46-57-58(54,55)56-45-44-51(3,4)5)50-49(53)43-41-39-37-35-33-31-28-21-19-17-15-13-11-9-7-2/h47-48,52H,6-46H2,1-5H3,(H-,50,53,54,55)/p+1. The van der Waals surface area contributed by atoms with Crippen molar-refractivity contribution < 1.29 is 32.9 Å². The van der Waals surface area contributed by atoms with Crippen LogP contribution in [0.4, 0.5) is 0 Å². The minimum atomic E-state index is -4.31. The number of carbonyl (C=O) groups is 1. The summed E-state index contributed by atoms with van der Waals surface area (Å²) < 4.78 is 23.7. The first-order valence-electron chi connectivity index (χ1n) is 25.4. The third-order valence-electron chi connectivity index (χ3n) is 11.9. The van der Waals surface area contributed by atoms with Gasteiger partial charge in [-0.3, -0.25) is 13.8 Å². The molecule has 3 N–H and O–H groups in total. The van der Waals surface area contributed by atoms with Gasteiger partial charge in [0.05, 0.1) is 39.9 Å². The van der Waals surface area contributed by atoms with Gasteiger partial charge in [0.15, 0.2) is 0 Å². The van der Waals surface area contributed by atoms with Gasteiger partial charge < -0.3 is 19.8 Å². The third-order valence-corrected chi connectivity index (χ3v) is 12.8. The second-order valence-electron chi connectivity index (χ2n) is 18.9. The highest BCUT2D eigenvalue weighted by Crippen LogP contribution is 2.43. The van der Waals surface area contributed by atoms with E-state index in [2.05, 4.69) is 19.2 Å². The van der Waals surface area contributed by atoms with Crippen LogP contribution in [0.25, 0.3) is 0 Å². The molecule has 0 radical (unpaired) electrons. The summed E-state index contributed by atoms with van der Waals surface area (Å²) in [5.74, 6) is -0.139. The van der Waals surface area contributed by atoms with Crippen LogP contribution in [0.3, 0.4) is 0 Å². The Morgan fingerprint density at radius 3 is 1.16 bits per heavy atom. The van der Waals surface area contributed by atoms with Gasteiger partial charge in [0.2, 0.25) is 5.91 Å². The molecule has 0 aromatic rings. The number of phosphoric ester groups is 1. The number of quaternary nitrogens is 1. The zero-order valence-corrected chi connectivity index (χ0v) is 40.5. The summed E-state index contributed by atoms with van der Waals surface area (Å²) in [4.78, 5) is 23.2. The van der Waals surface area contributed by atoms with Crippen LogP contribution < -0.4 is 5.32 Å². The minimum absolute atomic E-state index is 0.0789. The Kier molecular flexibility index (Phi) is 41.5. The second-order valence-corrected chi connectivity index (χ2v) is 20.4. The Balaban J connectivity index is 4.22. The zero-order chi connectivity index (χ0) is 42.8. The van der Waals surface area contributed by atoms with Gasteiger partial charge in [0.1, 0.15) is 13.2 Å². The molecule has 0 aliphatic carbocycles. The lowest BCUT2D eigenvalue weighted by Gasteiger charge is -2.26. The molecule has 0 fully saturated rings. The lowest BCUT2D eigenvalue weighted by atomic mass is 10.0. The summed E-state index contributed by atoms with van der Waals surface area (Å²) >= 11 is 0. The predicted octanol–water partition coefficient (Wildman–Crippen LogP) is 14.5. The van der Waals surface area contributed by atoms with Crippen molar-refractivity contribution in [3.63, 3.8) is 0 Å². The first-order chi connectivity index (χ1) is 28.0. The van der Waals surface area contributed by atoms with Crippen molar-refractivity contribution in [1.82, 2.24) is 5.32 Å². The van der Waals surface area contributed by atoms with E-state index in [1.54, 1.807) is 0 Å². The second kappa shape index (κ2) is 41.8. The molecule has 8 nitrogen and oxygen atoms in total. The number of aliphatic hydroxyl groups excluding tert-OH is 1. The van der Waals surface area contributed by atoms with Crippen molar-refractivity contribution in [3.8, 4) is 0 Å². The topological polar surface area (TPSA) is 105 Å². The monoisotopic (exact) mass is 846 g/mol. The molecule has 3 atom stereocenters. The Labute approximate surface area is 361 Å². The summed E-state index contributed by atoms with van der Waals surface area (Å²) in [7, 11) is 1.63. The predicted molar refractivity (Wildman–Crippen MR) is 249 cm³/mol. The van der Waals surface area contributed by atoms with E-state index in [-0.39, 0.29) is 19.1 Å². The van der Waals surface area contributed by atoms with E-state index in [1.165, 1.54) is 193 Å². The van der Waals surface area contributed by atoms with Gasteiger partial charge in [-0.05, 0) is 12.8 Å². The first-order valence-corrected chi connectivity index (χ1v) is 26.9. The number of unbranched alkanes of at least 4 members (excludes halogenated alkanes) is 34. The molecule has 0 spiro atoms. The molecule has 0 bridgehead atoms. The van der Waals surface area contributed by atoms with Gasteiger partial charge in [-0.1, -0.05) is 239 Å². The average Bonchev–Trinajstić information content (AvgIpc) is 3.17. The Morgan fingerprint density at radius 2 is 0.828 bits per heavy atom. The molecule has 58 heavy (non-hydrogen) atoms. The van der Waals surface area contributed by atoms with Gasteiger partial charge in [0, 0.05) is 6.42 Å². The Hall–Kier alpha value is -0.500. The van der Waals surface area contributed by atoms with Crippen LogP contribution in [0.15, 0.2) is 0 Å². The fourth-order valence-electron chi connectivity index (χ4n) is 7.81. The van der Waals surface area contributed by atoms with E-state index in [0.717, 1.165) is 38.5 Å². The highest BCUT2D eigenvalue weighted by atomic mass is 31.2. The smallest absolute Gasteiger partial charge is 0.391 e. The minimum Gasteiger partial charge on any atom is -0.391 e. The maximum Gasteiger partial charge on any atom is 0.472 e. The van der Waals surface area contributed by atoms with Gasteiger partial charge in [0.25, 0.3) is 0 Å². The van der Waals surface area contributed by atoms with Crippen LogP contribution in [0.5, 0.6) is 0 Å². The van der Waals surface area contributed by atoms with E-state index in [9.17, 15) is 19.4 Å². The highest BCUT2D eigenvalue weighted by molar-refractivity contribution is 7.47. The van der Waals surface area contributed by atoms with Crippen molar-refractivity contribution >= 4 is 13.7 Å². The van der Waals surface area contributed by atoms with Gasteiger partial charge in [-0.2, -0.15) is 0 Å². The number of phosphoric acid groups is 1. The van der Waals surface area contributed by atoms with Gasteiger partial charge >= 0.3 is 7.82 Å². The quantitative estimate of drug-likeness (QED) is 0.0320. The van der Waals surface area contributed by atoms with Crippen LogP contribution in [-0.2, 0) is 18.4 Å². The molecule has 0 aromatic heterocycles. The molecule has 0 heterocycles. The molecule has 0 rings (SSSR count). The van der Waals surface area contributed by atoms with Gasteiger partial charge in [-0.15, -0.1) is 0 Å². The summed E-state index contributed by atoms with van der Waals surface area (Å²) in [5, 5.41) is 14.0. The highest BCUT2D eigenvalue weighted by Gasteiger charge is 2.28. The lowest BCUT2D eigenvalue weighted by Crippen LogP contribution is -2.46. The normalized spacial score (nSPS) is 14.1. The van der Waals surface area contributed by atoms with Crippen LogP contribution in [0.2, 0.25) is 0 Å². The van der Waals surface area contributed by atoms with E-state index >= 15 is 0 Å². The maximum absolute atomic E-state index is 12.9. The molecule has 0 aromatic carbocycles. The maximum atomic E-state index is 12.9. The number of rotatable bonds is 47. The Morgan fingerprint density at radius 1 is 0.517 bits per heavy atom. The van der Waals surface area contributed by atoms with Crippen molar-refractivity contribution in [2.75, 3.05) is 40.9 Å². The molecule has 3 unspecified atom stereocenters. The molecule has 0 saturated carbocycles. The average molecular weight is 846 g/mol. The number of hydrogen-bond donors (Lipinski definition) is 3. The summed E-state index contributed by atoms with van der Waals surface area (Å²) in [5.41, 5.74) is 0. The summed E-state index contributed by atoms with van der Waals surface area (Å²) in [6.45, 7) is 4.93. The number of amides is 1. The number of hydrogen-bond acceptors (Lipinski definition) is 5. The van der Waals surface area contributed by atoms with Crippen LogP contribution >= 0.6 is 7.82 Å². The molecule has 9 heteroatoms. The molecule has 0 aliphatic heterocycles. The molecule has 348 valence electrons. The lowest BCUT2D eigenvalue weighted by molar-refractivity contribution is -0.870. The molecule has 0 aliphatic rings. The van der Waals surface area contributed by atoms with E-state index in [0.29, 0.717) is 23.9 Å². The fourth-order valence-corrected chi connectivity index (χ4v) is 8.55. The van der Waals surface area contributed by atoms with E-state index in [4.69, 9.17) is 9.05 Å². The van der Waals surface area contributed by atoms with Crippen molar-refractivity contribution in [3.05, 3.63) is 0 Å². The van der Waals surface area contributed by atoms with Crippen molar-refractivity contribution in [2.24, 2.45) is 0 Å². The van der Waals surface area contributed by atoms with Crippen molar-refractivity contribution in [2.45, 2.75) is 270 Å². The van der Waals surface area contributed by atoms with E-state index < -0.39 is 20.0 Å². The SMILES string of the molecule is CCCCCCCCCCCCCCCCCCCCCCCC(O)C(COP(=O)(O)OCC[N+](C)(C)C)NC(=O)CCCCCCCCCCCCCCCCC. The number of aliphatic hydroxyl groups is 1.